The van der Waals surface area contributed by atoms with E-state index in [4.69, 9.17) is 9.72 Å². The van der Waals surface area contributed by atoms with Crippen LogP contribution in [0.1, 0.15) is 13.8 Å². The summed E-state index contributed by atoms with van der Waals surface area (Å²) < 4.78 is 9.04. The lowest BCUT2D eigenvalue weighted by Crippen LogP contribution is -2.29. The van der Waals surface area contributed by atoms with Crippen molar-refractivity contribution in [3.63, 3.8) is 0 Å². The predicted molar refractivity (Wildman–Crippen MR) is 126 cm³/mol. The summed E-state index contributed by atoms with van der Waals surface area (Å²) in [6, 6.07) is 17.2. The number of ether oxygens (including phenoxy) is 1. The third kappa shape index (κ3) is 4.54. The summed E-state index contributed by atoms with van der Waals surface area (Å²) in [5.41, 5.74) is 2.74. The first-order valence-electron chi connectivity index (χ1n) is 9.81. The number of aromatic nitrogens is 3. The number of anilines is 3. The minimum atomic E-state index is 0.00164. The Morgan fingerprint density at radius 1 is 1.10 bits per heavy atom. The van der Waals surface area contributed by atoms with Crippen molar-refractivity contribution in [1.82, 2.24) is 14.5 Å². The molecule has 1 amide bonds. The molecule has 0 saturated carbocycles. The minimum absolute atomic E-state index is 0.00164. The summed E-state index contributed by atoms with van der Waals surface area (Å²) in [4.78, 5) is 21.9. The van der Waals surface area contributed by atoms with Crippen LogP contribution in [0.4, 0.5) is 17.5 Å². The fourth-order valence-corrected chi connectivity index (χ4v) is 3.46. The highest BCUT2D eigenvalue weighted by atomic mass is 79.9. The fourth-order valence-electron chi connectivity index (χ4n) is 3.20. The third-order valence-electron chi connectivity index (χ3n) is 4.84. The van der Waals surface area contributed by atoms with Gasteiger partial charge in [-0.3, -0.25) is 9.69 Å². The van der Waals surface area contributed by atoms with Crippen molar-refractivity contribution in [2.24, 2.45) is 7.05 Å². The molecule has 0 fully saturated rings. The highest BCUT2D eigenvalue weighted by molar-refractivity contribution is 9.10. The van der Waals surface area contributed by atoms with Crippen LogP contribution in [-0.4, -0.2) is 27.0 Å². The first kappa shape index (κ1) is 20.9. The van der Waals surface area contributed by atoms with Crippen molar-refractivity contribution >= 4 is 50.8 Å². The Bertz CT molecular complexity index is 1220. The molecule has 0 aliphatic rings. The van der Waals surface area contributed by atoms with Crippen molar-refractivity contribution in [3.8, 4) is 11.5 Å². The van der Waals surface area contributed by atoms with Crippen LogP contribution in [-0.2, 0) is 11.8 Å². The zero-order valence-electron chi connectivity index (χ0n) is 17.4. The Balaban J connectivity index is 1.58. The van der Waals surface area contributed by atoms with Crippen molar-refractivity contribution in [2.75, 3.05) is 10.2 Å². The van der Waals surface area contributed by atoms with Gasteiger partial charge >= 0.3 is 0 Å². The molecule has 8 heteroatoms. The number of carbonyl (C=O) groups is 1. The summed E-state index contributed by atoms with van der Waals surface area (Å²) in [6.07, 6.45) is 2.40. The fraction of sp³-hybridized carbons (Fsp3) is 0.174. The lowest BCUT2D eigenvalue weighted by atomic mass is 10.3. The minimum Gasteiger partial charge on any atom is -0.457 e. The standard InChI is InChI=1S/C23H22BrN5O2/c1-15(2)29(14-30)22-13-19(10-11-25-22)31-18-8-9-21-20(12-18)27-23(28(21)3)26-17-6-4-16(24)5-7-17/h4-15H,1-3H3,(H,26,27). The zero-order valence-corrected chi connectivity index (χ0v) is 19.0. The van der Waals surface area contributed by atoms with Crippen LogP contribution in [0.2, 0.25) is 0 Å². The van der Waals surface area contributed by atoms with E-state index in [-0.39, 0.29) is 6.04 Å². The third-order valence-corrected chi connectivity index (χ3v) is 5.37. The van der Waals surface area contributed by atoms with Gasteiger partial charge in [0.1, 0.15) is 17.3 Å². The molecule has 158 valence electrons. The predicted octanol–water partition coefficient (Wildman–Crippen LogP) is 5.64. The lowest BCUT2D eigenvalue weighted by Gasteiger charge is -2.20. The number of imidazole rings is 1. The number of amides is 1. The molecular weight excluding hydrogens is 458 g/mol. The van der Waals surface area contributed by atoms with Gasteiger partial charge in [-0.15, -0.1) is 0 Å². The van der Waals surface area contributed by atoms with Gasteiger partial charge in [0, 0.05) is 41.6 Å². The molecule has 4 aromatic rings. The number of fused-ring (bicyclic) bond motifs is 1. The van der Waals surface area contributed by atoms with E-state index in [1.165, 1.54) is 0 Å². The topological polar surface area (TPSA) is 72.3 Å². The molecule has 7 nitrogen and oxygen atoms in total. The van der Waals surface area contributed by atoms with Gasteiger partial charge in [0.25, 0.3) is 0 Å². The number of aryl methyl sites for hydroxylation is 1. The SMILES string of the molecule is CC(C)N(C=O)c1cc(Oc2ccc3c(c2)nc(Nc2ccc(Br)cc2)n3C)ccn1. The maximum atomic E-state index is 11.4. The van der Waals surface area contributed by atoms with Crippen molar-refractivity contribution in [3.05, 3.63) is 65.3 Å². The van der Waals surface area contributed by atoms with E-state index < -0.39 is 0 Å². The van der Waals surface area contributed by atoms with E-state index >= 15 is 0 Å². The molecule has 0 spiro atoms. The summed E-state index contributed by atoms with van der Waals surface area (Å²) >= 11 is 3.45. The average Bonchev–Trinajstić information content (AvgIpc) is 3.05. The summed E-state index contributed by atoms with van der Waals surface area (Å²) in [7, 11) is 1.96. The molecule has 1 N–H and O–H groups in total. The number of halogens is 1. The van der Waals surface area contributed by atoms with Crippen LogP contribution in [0.25, 0.3) is 11.0 Å². The Kier molecular flexibility index (Phi) is 5.90. The van der Waals surface area contributed by atoms with Gasteiger partial charge < -0.3 is 14.6 Å². The van der Waals surface area contributed by atoms with E-state index in [1.807, 2.05) is 67.9 Å². The molecule has 0 aliphatic carbocycles. The Labute approximate surface area is 188 Å². The lowest BCUT2D eigenvalue weighted by molar-refractivity contribution is -0.107. The first-order chi connectivity index (χ1) is 14.9. The van der Waals surface area contributed by atoms with E-state index in [9.17, 15) is 4.79 Å². The van der Waals surface area contributed by atoms with Crippen molar-refractivity contribution in [1.29, 1.82) is 0 Å². The molecule has 2 heterocycles. The number of carbonyl (C=O) groups excluding carboxylic acids is 1. The molecule has 0 radical (unpaired) electrons. The second-order valence-electron chi connectivity index (χ2n) is 7.34. The first-order valence-corrected chi connectivity index (χ1v) is 10.6. The van der Waals surface area contributed by atoms with Gasteiger partial charge in [-0.2, -0.15) is 0 Å². The molecular formula is C23H22BrN5O2. The molecule has 0 atom stereocenters. The van der Waals surface area contributed by atoms with Crippen LogP contribution in [0.3, 0.4) is 0 Å². The molecule has 2 aromatic heterocycles. The molecule has 0 unspecified atom stereocenters. The van der Waals surface area contributed by atoms with Crippen molar-refractivity contribution < 1.29 is 9.53 Å². The summed E-state index contributed by atoms with van der Waals surface area (Å²) in [5, 5.41) is 3.34. The van der Waals surface area contributed by atoms with Gasteiger partial charge in [0.15, 0.2) is 0 Å². The monoisotopic (exact) mass is 479 g/mol. The number of benzene rings is 2. The number of hydrogen-bond donors (Lipinski definition) is 1. The number of nitrogens with zero attached hydrogens (tertiary/aromatic N) is 4. The summed E-state index contributed by atoms with van der Waals surface area (Å²) in [5.74, 6) is 2.53. The Morgan fingerprint density at radius 3 is 2.55 bits per heavy atom. The van der Waals surface area contributed by atoms with Gasteiger partial charge in [0.05, 0.1) is 11.0 Å². The van der Waals surface area contributed by atoms with E-state index in [0.29, 0.717) is 17.3 Å². The quantitative estimate of drug-likeness (QED) is 0.347. The molecule has 0 bridgehead atoms. The van der Waals surface area contributed by atoms with Crippen LogP contribution in [0.5, 0.6) is 11.5 Å². The summed E-state index contributed by atoms with van der Waals surface area (Å²) in [6.45, 7) is 3.86. The molecule has 4 rings (SSSR count). The zero-order chi connectivity index (χ0) is 22.0. The van der Waals surface area contributed by atoms with Gasteiger partial charge in [0.2, 0.25) is 12.4 Å². The second kappa shape index (κ2) is 8.77. The van der Waals surface area contributed by atoms with Crippen LogP contribution < -0.4 is 15.0 Å². The van der Waals surface area contributed by atoms with Crippen molar-refractivity contribution in [2.45, 2.75) is 19.9 Å². The second-order valence-corrected chi connectivity index (χ2v) is 8.25. The Hall–Kier alpha value is -3.39. The number of pyridine rings is 1. The Morgan fingerprint density at radius 2 is 1.84 bits per heavy atom. The number of rotatable bonds is 7. The normalized spacial score (nSPS) is 11.0. The maximum absolute atomic E-state index is 11.4. The molecule has 0 saturated heterocycles. The molecule has 31 heavy (non-hydrogen) atoms. The van der Waals surface area contributed by atoms with Gasteiger partial charge in [-0.25, -0.2) is 9.97 Å². The van der Waals surface area contributed by atoms with Gasteiger partial charge in [-0.05, 0) is 56.3 Å². The maximum Gasteiger partial charge on any atom is 0.215 e. The molecule has 2 aromatic carbocycles. The average molecular weight is 480 g/mol. The highest BCUT2D eigenvalue weighted by Gasteiger charge is 2.13. The van der Waals surface area contributed by atoms with Crippen LogP contribution in [0, 0.1) is 0 Å². The van der Waals surface area contributed by atoms with E-state index in [1.54, 1.807) is 23.2 Å². The molecule has 0 aliphatic heterocycles. The number of hydrogen-bond acceptors (Lipinski definition) is 5. The van der Waals surface area contributed by atoms with E-state index in [0.717, 1.165) is 33.6 Å². The number of nitrogens with one attached hydrogen (secondary N) is 1. The van der Waals surface area contributed by atoms with E-state index in [2.05, 4.69) is 26.2 Å². The smallest absolute Gasteiger partial charge is 0.215 e. The largest absolute Gasteiger partial charge is 0.457 e. The highest BCUT2D eigenvalue weighted by Crippen LogP contribution is 2.29. The van der Waals surface area contributed by atoms with Gasteiger partial charge in [-0.1, -0.05) is 15.9 Å². The van der Waals surface area contributed by atoms with Crippen LogP contribution in [0.15, 0.2) is 65.3 Å². The van der Waals surface area contributed by atoms with Crippen LogP contribution >= 0.6 is 15.9 Å².